The Hall–Kier alpha value is -1.94. The normalized spacial score (nSPS) is 25.7. The van der Waals surface area contributed by atoms with E-state index in [9.17, 15) is 0 Å². The molecule has 1 aromatic heterocycles. The van der Waals surface area contributed by atoms with Crippen LogP contribution in [0.15, 0.2) is 42.2 Å². The number of nitrogens with zero attached hydrogens (tertiary/aromatic N) is 2. The number of aromatic nitrogens is 2. The average Bonchev–Trinajstić information content (AvgIpc) is 2.54. The van der Waals surface area contributed by atoms with Crippen LogP contribution in [0.1, 0.15) is 31.3 Å². The van der Waals surface area contributed by atoms with Crippen LogP contribution in [0.25, 0.3) is 10.9 Å². The van der Waals surface area contributed by atoms with E-state index >= 15 is 0 Å². The Balaban J connectivity index is 1.64. The lowest BCUT2D eigenvalue weighted by Crippen LogP contribution is -2.46. The summed E-state index contributed by atoms with van der Waals surface area (Å²) in [6.07, 6.45) is 8.03. The van der Waals surface area contributed by atoms with E-state index in [1.807, 2.05) is 30.5 Å². The van der Waals surface area contributed by atoms with Crippen LogP contribution in [-0.2, 0) is 0 Å². The van der Waals surface area contributed by atoms with Crippen molar-refractivity contribution < 1.29 is 0 Å². The third-order valence-electron chi connectivity index (χ3n) is 4.21. The summed E-state index contributed by atoms with van der Waals surface area (Å²) in [5, 5.41) is 8.17. The first-order chi connectivity index (χ1) is 9.90. The van der Waals surface area contributed by atoms with Crippen LogP contribution in [0, 0.1) is 5.92 Å². The van der Waals surface area contributed by atoms with E-state index in [0.29, 0.717) is 5.92 Å². The van der Waals surface area contributed by atoms with Gasteiger partial charge >= 0.3 is 0 Å². The summed E-state index contributed by atoms with van der Waals surface area (Å²) >= 11 is 0. The summed E-state index contributed by atoms with van der Waals surface area (Å²) in [6.45, 7) is 1.01. The van der Waals surface area contributed by atoms with Crippen LogP contribution in [-0.4, -0.2) is 16.5 Å². The molecule has 2 unspecified atom stereocenters. The average molecular weight is 266 g/mol. The van der Waals surface area contributed by atoms with Crippen LogP contribution in [0.4, 0.5) is 0 Å². The SMILES string of the molecule is C1=C2NC(c3ncc4ccccc4n3)NCC2CCC1. The number of para-hydroxylation sites is 1. The molecule has 1 saturated heterocycles. The molecule has 20 heavy (non-hydrogen) atoms. The maximum absolute atomic E-state index is 4.67. The zero-order valence-electron chi connectivity index (χ0n) is 11.3. The summed E-state index contributed by atoms with van der Waals surface area (Å²) < 4.78 is 0. The lowest BCUT2D eigenvalue weighted by molar-refractivity contribution is 0.316. The van der Waals surface area contributed by atoms with Gasteiger partial charge in [-0.25, -0.2) is 9.97 Å². The van der Waals surface area contributed by atoms with Gasteiger partial charge in [0.05, 0.1) is 5.52 Å². The van der Waals surface area contributed by atoms with Crippen LogP contribution in [0.3, 0.4) is 0 Å². The van der Waals surface area contributed by atoms with Crippen LogP contribution in [0.2, 0.25) is 0 Å². The van der Waals surface area contributed by atoms with Gasteiger partial charge in [0.25, 0.3) is 0 Å². The standard InChI is InChI=1S/C16H18N4/c1-3-7-13-11(5-1)9-17-15(19-13)16-18-10-12-6-2-4-8-14(12)20-16/h1,3,5,7-9,12,16,18,20H,2,4,6,10H2. The molecule has 102 valence electrons. The van der Waals surface area contributed by atoms with Gasteiger partial charge < -0.3 is 5.32 Å². The van der Waals surface area contributed by atoms with Crippen molar-refractivity contribution in [2.75, 3.05) is 6.54 Å². The monoisotopic (exact) mass is 266 g/mol. The van der Waals surface area contributed by atoms with E-state index < -0.39 is 0 Å². The fourth-order valence-corrected chi connectivity index (χ4v) is 3.09. The molecule has 2 heterocycles. The van der Waals surface area contributed by atoms with E-state index in [1.165, 1.54) is 25.0 Å². The smallest absolute Gasteiger partial charge is 0.166 e. The summed E-state index contributed by atoms with van der Waals surface area (Å²) in [5.74, 6) is 1.47. The van der Waals surface area contributed by atoms with Crippen molar-refractivity contribution >= 4 is 10.9 Å². The third-order valence-corrected chi connectivity index (χ3v) is 4.21. The number of hydrogen-bond donors (Lipinski definition) is 2. The molecule has 2 N–H and O–H groups in total. The summed E-state index contributed by atoms with van der Waals surface area (Å²) in [5.41, 5.74) is 2.37. The van der Waals surface area contributed by atoms with Gasteiger partial charge in [0.1, 0.15) is 6.17 Å². The van der Waals surface area contributed by atoms with Gasteiger partial charge in [0, 0.05) is 29.7 Å². The molecule has 1 aromatic carbocycles. The van der Waals surface area contributed by atoms with Crippen molar-refractivity contribution in [2.24, 2.45) is 5.92 Å². The second-order valence-electron chi connectivity index (χ2n) is 5.56. The van der Waals surface area contributed by atoms with Gasteiger partial charge in [-0.2, -0.15) is 0 Å². The molecular weight excluding hydrogens is 248 g/mol. The predicted molar refractivity (Wildman–Crippen MR) is 78.8 cm³/mol. The summed E-state index contributed by atoms with van der Waals surface area (Å²) in [4.78, 5) is 9.18. The molecule has 1 aliphatic heterocycles. The number of allylic oxidation sites excluding steroid dienone is 1. The van der Waals surface area contributed by atoms with E-state index in [2.05, 4.69) is 26.7 Å². The van der Waals surface area contributed by atoms with Crippen molar-refractivity contribution in [1.82, 2.24) is 20.6 Å². The fraction of sp³-hybridized carbons (Fsp3) is 0.375. The van der Waals surface area contributed by atoms with E-state index in [0.717, 1.165) is 23.3 Å². The first-order valence-electron chi connectivity index (χ1n) is 7.32. The van der Waals surface area contributed by atoms with Gasteiger partial charge in [-0.1, -0.05) is 24.3 Å². The highest BCUT2D eigenvalue weighted by atomic mass is 15.2. The molecule has 2 aromatic rings. The quantitative estimate of drug-likeness (QED) is 0.832. The molecule has 2 atom stereocenters. The van der Waals surface area contributed by atoms with Crippen molar-refractivity contribution in [3.8, 4) is 0 Å². The van der Waals surface area contributed by atoms with Crippen LogP contribution >= 0.6 is 0 Å². The molecule has 1 fully saturated rings. The van der Waals surface area contributed by atoms with E-state index in [1.54, 1.807) is 0 Å². The highest BCUT2D eigenvalue weighted by Gasteiger charge is 2.27. The van der Waals surface area contributed by atoms with Gasteiger partial charge in [0.2, 0.25) is 0 Å². The number of benzene rings is 1. The van der Waals surface area contributed by atoms with Crippen LogP contribution < -0.4 is 10.6 Å². The Morgan fingerprint density at radius 2 is 2.15 bits per heavy atom. The molecule has 0 saturated carbocycles. The van der Waals surface area contributed by atoms with E-state index in [-0.39, 0.29) is 6.17 Å². The molecule has 4 nitrogen and oxygen atoms in total. The minimum atomic E-state index is 0.0280. The predicted octanol–water partition coefficient (Wildman–Crippen LogP) is 2.51. The second kappa shape index (κ2) is 4.87. The first-order valence-corrected chi connectivity index (χ1v) is 7.32. The zero-order valence-corrected chi connectivity index (χ0v) is 11.3. The molecule has 0 bridgehead atoms. The summed E-state index contributed by atoms with van der Waals surface area (Å²) in [6, 6.07) is 8.10. The Morgan fingerprint density at radius 3 is 3.15 bits per heavy atom. The largest absolute Gasteiger partial charge is 0.367 e. The maximum Gasteiger partial charge on any atom is 0.166 e. The highest BCUT2D eigenvalue weighted by Crippen LogP contribution is 2.27. The van der Waals surface area contributed by atoms with Crippen molar-refractivity contribution in [2.45, 2.75) is 25.4 Å². The number of nitrogens with one attached hydrogen (secondary N) is 2. The van der Waals surface area contributed by atoms with Gasteiger partial charge in [-0.3, -0.25) is 5.32 Å². The lowest BCUT2D eigenvalue weighted by Gasteiger charge is -2.35. The first kappa shape index (κ1) is 11.9. The number of rotatable bonds is 1. The van der Waals surface area contributed by atoms with Crippen molar-refractivity contribution in [3.63, 3.8) is 0 Å². The zero-order chi connectivity index (χ0) is 13.4. The van der Waals surface area contributed by atoms with Gasteiger partial charge in [-0.15, -0.1) is 0 Å². The number of fused-ring (bicyclic) bond motifs is 2. The molecule has 4 rings (SSSR count). The molecule has 4 heteroatoms. The maximum atomic E-state index is 4.67. The molecule has 2 aliphatic rings. The number of hydrogen-bond acceptors (Lipinski definition) is 4. The third kappa shape index (κ3) is 2.06. The molecule has 1 aliphatic carbocycles. The second-order valence-corrected chi connectivity index (χ2v) is 5.56. The van der Waals surface area contributed by atoms with E-state index in [4.69, 9.17) is 0 Å². The van der Waals surface area contributed by atoms with Gasteiger partial charge in [-0.05, 0) is 25.3 Å². The van der Waals surface area contributed by atoms with Crippen molar-refractivity contribution in [1.29, 1.82) is 0 Å². The lowest BCUT2D eigenvalue weighted by atomic mass is 9.90. The molecule has 0 radical (unpaired) electrons. The Morgan fingerprint density at radius 1 is 1.20 bits per heavy atom. The van der Waals surface area contributed by atoms with Crippen molar-refractivity contribution in [3.05, 3.63) is 48.1 Å². The topological polar surface area (TPSA) is 49.8 Å². The minimum Gasteiger partial charge on any atom is -0.367 e. The Labute approximate surface area is 118 Å². The van der Waals surface area contributed by atoms with Gasteiger partial charge in [0.15, 0.2) is 5.82 Å². The molecule has 0 spiro atoms. The fourth-order valence-electron chi connectivity index (χ4n) is 3.09. The Bertz CT molecular complexity index is 664. The molecular formula is C16H18N4. The molecule has 0 amide bonds. The summed E-state index contributed by atoms with van der Waals surface area (Å²) in [7, 11) is 0. The van der Waals surface area contributed by atoms with Crippen LogP contribution in [0.5, 0.6) is 0 Å². The highest BCUT2D eigenvalue weighted by molar-refractivity contribution is 5.77. The minimum absolute atomic E-state index is 0.0280. The Kier molecular flexibility index (Phi) is 2.89.